The van der Waals surface area contributed by atoms with Crippen molar-refractivity contribution in [3.05, 3.63) is 46.6 Å². The van der Waals surface area contributed by atoms with Crippen LogP contribution >= 0.6 is 11.6 Å². The predicted octanol–water partition coefficient (Wildman–Crippen LogP) is 4.05. The van der Waals surface area contributed by atoms with E-state index in [9.17, 15) is 9.32 Å². The summed E-state index contributed by atoms with van der Waals surface area (Å²) < 4.78 is 12.9. The number of halogens is 1. The van der Waals surface area contributed by atoms with Crippen molar-refractivity contribution >= 4 is 39.7 Å². The van der Waals surface area contributed by atoms with E-state index >= 15 is 0 Å². The third-order valence-corrected chi connectivity index (χ3v) is 9.57. The second kappa shape index (κ2) is 8.36. The molecule has 8 heteroatoms. The van der Waals surface area contributed by atoms with Crippen molar-refractivity contribution in [3.63, 3.8) is 0 Å². The van der Waals surface area contributed by atoms with E-state index in [1.54, 1.807) is 0 Å². The van der Waals surface area contributed by atoms with Gasteiger partial charge in [0.2, 0.25) is 5.95 Å². The number of fused-ring (bicyclic) bond motifs is 2. The first-order chi connectivity index (χ1) is 16.0. The number of hydrogen-bond acceptors (Lipinski definition) is 6. The SMILES string of the molecule is O=[S@]1CCCc2nc(N3C[C@@H]4CC(c5ccc(Cl)cc5)=C[C@@H]4C3)nc(NC3(CO)CCC3)c21. The van der Waals surface area contributed by atoms with Crippen LogP contribution in [0.1, 0.15) is 43.4 Å². The zero-order valence-corrected chi connectivity index (χ0v) is 20.2. The molecule has 2 aliphatic carbocycles. The Hall–Kier alpha value is -1.96. The van der Waals surface area contributed by atoms with E-state index in [2.05, 4.69) is 28.4 Å². The van der Waals surface area contributed by atoms with Crippen molar-refractivity contribution in [1.82, 2.24) is 9.97 Å². The fourth-order valence-electron chi connectivity index (χ4n) is 5.72. The van der Waals surface area contributed by atoms with Gasteiger partial charge in [-0.3, -0.25) is 4.21 Å². The van der Waals surface area contributed by atoms with Crippen LogP contribution in [0.2, 0.25) is 5.02 Å². The normalized spacial score (nSPS) is 27.5. The number of rotatable bonds is 5. The maximum Gasteiger partial charge on any atom is 0.227 e. The highest BCUT2D eigenvalue weighted by atomic mass is 35.5. The third kappa shape index (κ3) is 3.88. The van der Waals surface area contributed by atoms with E-state index in [4.69, 9.17) is 21.6 Å². The molecule has 6 nitrogen and oxygen atoms in total. The molecule has 174 valence electrons. The molecule has 2 N–H and O–H groups in total. The molecule has 1 saturated carbocycles. The number of nitrogens with zero attached hydrogens (tertiary/aromatic N) is 3. The summed E-state index contributed by atoms with van der Waals surface area (Å²) in [6.07, 6.45) is 8.10. The maximum atomic E-state index is 12.9. The minimum absolute atomic E-state index is 0.0693. The van der Waals surface area contributed by atoms with Gasteiger partial charge in [0, 0.05) is 23.9 Å². The Morgan fingerprint density at radius 3 is 2.70 bits per heavy atom. The van der Waals surface area contributed by atoms with Crippen LogP contribution in [0, 0.1) is 11.8 Å². The Bertz CT molecular complexity index is 1130. The molecule has 0 spiro atoms. The van der Waals surface area contributed by atoms with Crippen molar-refractivity contribution < 1.29 is 9.32 Å². The zero-order chi connectivity index (χ0) is 22.6. The highest BCUT2D eigenvalue weighted by molar-refractivity contribution is 7.85. The van der Waals surface area contributed by atoms with Crippen LogP contribution in [-0.4, -0.2) is 50.3 Å². The van der Waals surface area contributed by atoms with Gasteiger partial charge in [-0.1, -0.05) is 29.8 Å². The van der Waals surface area contributed by atoms with E-state index in [1.165, 1.54) is 11.1 Å². The van der Waals surface area contributed by atoms with Gasteiger partial charge in [0.25, 0.3) is 0 Å². The summed E-state index contributed by atoms with van der Waals surface area (Å²) in [7, 11) is -1.09. The molecule has 1 aromatic heterocycles. The minimum Gasteiger partial charge on any atom is -0.394 e. The molecule has 1 saturated heterocycles. The number of benzene rings is 1. The summed E-state index contributed by atoms with van der Waals surface area (Å²) in [5.74, 6) is 3.10. The van der Waals surface area contributed by atoms with Gasteiger partial charge in [-0.25, -0.2) is 4.98 Å². The predicted molar refractivity (Wildman–Crippen MR) is 132 cm³/mol. The van der Waals surface area contributed by atoms with Gasteiger partial charge in [-0.15, -0.1) is 0 Å². The van der Waals surface area contributed by atoms with Gasteiger partial charge in [-0.2, -0.15) is 4.98 Å². The number of anilines is 2. The quantitative estimate of drug-likeness (QED) is 0.666. The van der Waals surface area contributed by atoms with Gasteiger partial charge in [0.1, 0.15) is 10.7 Å². The van der Waals surface area contributed by atoms with E-state index in [0.29, 0.717) is 23.4 Å². The molecule has 1 aromatic carbocycles. The number of aryl methyl sites for hydroxylation is 1. The van der Waals surface area contributed by atoms with Gasteiger partial charge < -0.3 is 15.3 Å². The molecular formula is C25H29ClN4O2S. The van der Waals surface area contributed by atoms with Crippen LogP contribution in [0.5, 0.6) is 0 Å². The number of allylic oxidation sites excluding steroid dienone is 1. The highest BCUT2D eigenvalue weighted by Crippen LogP contribution is 2.43. The smallest absolute Gasteiger partial charge is 0.227 e. The molecule has 2 aliphatic heterocycles. The molecule has 0 amide bonds. The van der Waals surface area contributed by atoms with Crippen LogP contribution in [-0.2, 0) is 17.2 Å². The monoisotopic (exact) mass is 484 g/mol. The van der Waals surface area contributed by atoms with Crippen LogP contribution in [0.4, 0.5) is 11.8 Å². The molecule has 3 atom stereocenters. The van der Waals surface area contributed by atoms with E-state index < -0.39 is 10.8 Å². The first-order valence-corrected chi connectivity index (χ1v) is 13.6. The maximum absolute atomic E-state index is 12.9. The lowest BCUT2D eigenvalue weighted by atomic mass is 9.77. The van der Waals surface area contributed by atoms with Gasteiger partial charge in [-0.05, 0) is 73.6 Å². The fourth-order valence-corrected chi connectivity index (χ4v) is 7.18. The summed E-state index contributed by atoms with van der Waals surface area (Å²) in [5.41, 5.74) is 3.24. The van der Waals surface area contributed by atoms with Crippen molar-refractivity contribution in [2.45, 2.75) is 49.0 Å². The second-order valence-electron chi connectivity index (χ2n) is 9.95. The molecule has 4 aliphatic rings. The third-order valence-electron chi connectivity index (χ3n) is 7.78. The molecular weight excluding hydrogens is 456 g/mol. The first-order valence-electron chi connectivity index (χ1n) is 11.9. The molecule has 33 heavy (non-hydrogen) atoms. The lowest BCUT2D eigenvalue weighted by molar-refractivity contribution is 0.143. The Morgan fingerprint density at radius 2 is 2.00 bits per heavy atom. The highest BCUT2D eigenvalue weighted by Gasteiger charge is 2.40. The summed E-state index contributed by atoms with van der Waals surface area (Å²) in [6.45, 7) is 1.89. The minimum atomic E-state index is -1.09. The van der Waals surface area contributed by atoms with Crippen LogP contribution in [0.15, 0.2) is 35.2 Å². The van der Waals surface area contributed by atoms with Gasteiger partial charge in [0.05, 0.1) is 28.6 Å². The topological polar surface area (TPSA) is 78.4 Å². The largest absolute Gasteiger partial charge is 0.394 e. The molecule has 3 heterocycles. The van der Waals surface area contributed by atoms with Crippen LogP contribution in [0.3, 0.4) is 0 Å². The Morgan fingerprint density at radius 1 is 1.18 bits per heavy atom. The number of aliphatic hydroxyl groups excluding tert-OH is 1. The van der Waals surface area contributed by atoms with Crippen molar-refractivity contribution in [3.8, 4) is 0 Å². The number of aromatic nitrogens is 2. The Labute approximate surface area is 201 Å². The standard InChI is InChI=1S/C25H29ClN4O2S/c26-20-6-4-16(5-7-20)17-11-18-13-30(14-19(18)12-17)24-27-21-3-1-10-33(32)22(21)23(28-24)29-25(15-31)8-2-9-25/h4-7,11,18-19,31H,1-3,8-10,12-15H2,(H,27,28,29)/t18-,19+,33+/m1/s1. The summed E-state index contributed by atoms with van der Waals surface area (Å²) >= 11 is 6.06. The first kappa shape index (κ1) is 21.6. The van der Waals surface area contributed by atoms with E-state index in [-0.39, 0.29) is 12.1 Å². The molecule has 6 rings (SSSR count). The fraction of sp³-hybridized carbons (Fsp3) is 0.520. The summed E-state index contributed by atoms with van der Waals surface area (Å²) in [6, 6.07) is 8.13. The molecule has 2 fully saturated rings. The molecule has 0 bridgehead atoms. The summed E-state index contributed by atoms with van der Waals surface area (Å²) in [4.78, 5) is 12.9. The molecule has 0 unspecified atom stereocenters. The van der Waals surface area contributed by atoms with Gasteiger partial charge in [0.15, 0.2) is 0 Å². The van der Waals surface area contributed by atoms with Crippen molar-refractivity contribution in [1.29, 1.82) is 0 Å². The Kier molecular flexibility index (Phi) is 5.46. The summed E-state index contributed by atoms with van der Waals surface area (Å²) in [5, 5.41) is 14.3. The number of nitrogens with one attached hydrogen (secondary N) is 1. The van der Waals surface area contributed by atoms with E-state index in [1.807, 2.05) is 12.1 Å². The zero-order valence-electron chi connectivity index (χ0n) is 18.6. The van der Waals surface area contributed by atoms with Crippen LogP contribution < -0.4 is 10.2 Å². The van der Waals surface area contributed by atoms with E-state index in [0.717, 1.165) is 73.2 Å². The van der Waals surface area contributed by atoms with Gasteiger partial charge >= 0.3 is 0 Å². The number of aliphatic hydroxyl groups is 1. The second-order valence-corrected chi connectivity index (χ2v) is 11.9. The van der Waals surface area contributed by atoms with Crippen molar-refractivity contribution in [2.24, 2.45) is 11.8 Å². The lowest BCUT2D eigenvalue weighted by Gasteiger charge is -2.42. The lowest BCUT2D eigenvalue weighted by Crippen LogP contribution is -2.49. The molecule has 0 radical (unpaired) electrons. The van der Waals surface area contributed by atoms with Crippen LogP contribution in [0.25, 0.3) is 5.57 Å². The van der Waals surface area contributed by atoms with Crippen molar-refractivity contribution in [2.75, 3.05) is 35.7 Å². The Balaban J connectivity index is 1.27. The number of hydrogen-bond donors (Lipinski definition) is 2. The average molecular weight is 485 g/mol. The molecule has 2 aromatic rings. The average Bonchev–Trinajstić information content (AvgIpc) is 3.36.